The molecule has 64 heavy (non-hydrogen) atoms. The Morgan fingerprint density at radius 3 is 1.72 bits per heavy atom. The fourth-order valence-electron chi connectivity index (χ4n) is 8.59. The molecular formula is C44H44BClN14O4. The number of urea groups is 2. The molecule has 2 saturated heterocycles. The van der Waals surface area contributed by atoms with Crippen LogP contribution in [0.4, 0.5) is 44.2 Å². The number of carbonyl (C=O) groups is 2. The SMILES string of the molecule is O=C(Nc1cnccn1)N1c2nc(-c3ccnc(C4CC4)c3)ccc2N2CC[C@H]1C2.O=C(Nc1cnccn1)N1c2nc(Cl)ccc2N2CC[C@H]1C2.OB(O)c1ccnc(C2CC2)c1. The number of hydrogen-bond donors (Lipinski definition) is 4. The van der Waals surface area contributed by atoms with Crippen LogP contribution in [-0.2, 0) is 0 Å². The van der Waals surface area contributed by atoms with Crippen LogP contribution in [0.5, 0.6) is 0 Å². The van der Waals surface area contributed by atoms with Crippen LogP contribution >= 0.6 is 11.6 Å². The van der Waals surface area contributed by atoms with Gasteiger partial charge in [0.15, 0.2) is 23.3 Å². The quantitative estimate of drug-likeness (QED) is 0.125. The molecule has 4 fully saturated rings. The van der Waals surface area contributed by atoms with Gasteiger partial charge >= 0.3 is 19.2 Å². The van der Waals surface area contributed by atoms with Gasteiger partial charge in [-0.25, -0.2) is 29.5 Å². The fraction of sp³-hybridized carbons (Fsp3) is 0.318. The number of fused-ring (bicyclic) bond motifs is 8. The van der Waals surface area contributed by atoms with Gasteiger partial charge in [0.05, 0.1) is 41.5 Å². The Labute approximate surface area is 374 Å². The minimum atomic E-state index is -1.37. The second-order valence-electron chi connectivity index (χ2n) is 16.5. The van der Waals surface area contributed by atoms with Gasteiger partial charge in [-0.2, -0.15) is 0 Å². The summed E-state index contributed by atoms with van der Waals surface area (Å²) in [5, 5.41) is 23.8. The fourth-order valence-corrected chi connectivity index (χ4v) is 8.73. The minimum Gasteiger partial charge on any atom is -0.423 e. The second-order valence-corrected chi connectivity index (χ2v) is 16.9. The summed E-state index contributed by atoms with van der Waals surface area (Å²) in [6.45, 7) is 3.47. The number of nitrogens with zero attached hydrogens (tertiary/aromatic N) is 12. The monoisotopic (exact) mass is 878 g/mol. The van der Waals surface area contributed by atoms with Gasteiger partial charge in [-0.1, -0.05) is 11.6 Å². The average molecular weight is 879 g/mol. The van der Waals surface area contributed by atoms with Crippen molar-refractivity contribution >= 4 is 70.9 Å². The number of pyridine rings is 4. The molecule has 4 aliphatic heterocycles. The van der Waals surface area contributed by atoms with Crippen LogP contribution in [0, 0.1) is 0 Å². The molecule has 10 heterocycles. The lowest BCUT2D eigenvalue weighted by Gasteiger charge is -2.35. The zero-order chi connectivity index (χ0) is 43.7. The first-order chi connectivity index (χ1) is 31.3. The third-order valence-electron chi connectivity index (χ3n) is 12.1. The summed E-state index contributed by atoms with van der Waals surface area (Å²) in [6.07, 6.45) is 19.4. The minimum absolute atomic E-state index is 0.0927. The Bertz CT molecular complexity index is 2650. The van der Waals surface area contributed by atoms with Crippen molar-refractivity contribution in [3.8, 4) is 11.3 Å². The van der Waals surface area contributed by atoms with Gasteiger partial charge in [0.1, 0.15) is 5.15 Å². The van der Waals surface area contributed by atoms with Gasteiger partial charge in [-0.05, 0) is 92.5 Å². The van der Waals surface area contributed by atoms with Gasteiger partial charge in [-0.15, -0.1) is 0 Å². The zero-order valence-corrected chi connectivity index (χ0v) is 35.4. The van der Waals surface area contributed by atoms with Crippen LogP contribution in [0.1, 0.15) is 61.7 Å². The Morgan fingerprint density at radius 2 is 1.17 bits per heavy atom. The van der Waals surface area contributed by atoms with E-state index in [4.69, 9.17) is 26.6 Å². The van der Waals surface area contributed by atoms with E-state index in [2.05, 4.69) is 67.5 Å². The average Bonchev–Trinajstić information content (AvgIpc) is 4.27. The van der Waals surface area contributed by atoms with Crippen LogP contribution in [-0.4, -0.2) is 107 Å². The Balaban J connectivity index is 0.000000124. The van der Waals surface area contributed by atoms with Gasteiger partial charge in [0.25, 0.3) is 0 Å². The van der Waals surface area contributed by atoms with E-state index in [1.165, 1.54) is 38.1 Å². The van der Waals surface area contributed by atoms with Crippen LogP contribution in [0.3, 0.4) is 0 Å². The van der Waals surface area contributed by atoms with Crippen molar-refractivity contribution in [2.45, 2.75) is 62.4 Å². The highest BCUT2D eigenvalue weighted by Gasteiger charge is 2.42. The molecule has 20 heteroatoms. The zero-order valence-electron chi connectivity index (χ0n) is 34.7. The van der Waals surface area contributed by atoms with E-state index in [0.717, 1.165) is 73.0 Å². The van der Waals surface area contributed by atoms with Crippen LogP contribution < -0.4 is 35.7 Å². The van der Waals surface area contributed by atoms with E-state index in [1.54, 1.807) is 59.0 Å². The maximum Gasteiger partial charge on any atom is 0.488 e. The molecule has 2 atom stereocenters. The normalized spacial score (nSPS) is 18.7. The van der Waals surface area contributed by atoms with E-state index in [1.807, 2.05) is 24.4 Å². The van der Waals surface area contributed by atoms with Crippen molar-refractivity contribution in [1.82, 2.24) is 39.9 Å². The number of nitrogens with one attached hydrogen (secondary N) is 2. The van der Waals surface area contributed by atoms with Gasteiger partial charge in [0.2, 0.25) is 0 Å². The summed E-state index contributed by atoms with van der Waals surface area (Å²) in [4.78, 5) is 68.1. The smallest absolute Gasteiger partial charge is 0.423 e. The van der Waals surface area contributed by atoms with E-state index >= 15 is 0 Å². The summed E-state index contributed by atoms with van der Waals surface area (Å²) in [5.41, 5.74) is 6.49. The highest BCUT2D eigenvalue weighted by Crippen LogP contribution is 2.43. The molecule has 12 rings (SSSR count). The number of halogens is 1. The molecule has 6 aromatic rings. The molecule has 324 valence electrons. The molecule has 0 unspecified atom stereocenters. The topological polar surface area (TPSA) is 215 Å². The Hall–Kier alpha value is -6.83. The van der Waals surface area contributed by atoms with E-state index < -0.39 is 7.12 Å². The first kappa shape index (κ1) is 41.2. The molecule has 0 aromatic carbocycles. The predicted octanol–water partition coefficient (Wildman–Crippen LogP) is 5.24. The van der Waals surface area contributed by atoms with E-state index in [9.17, 15) is 9.59 Å². The van der Waals surface area contributed by atoms with E-state index in [0.29, 0.717) is 45.7 Å². The summed E-state index contributed by atoms with van der Waals surface area (Å²) in [7, 11) is -1.37. The number of amides is 4. The molecule has 4 bridgehead atoms. The molecule has 0 spiro atoms. The van der Waals surface area contributed by atoms with Crippen LogP contribution in [0.25, 0.3) is 11.3 Å². The van der Waals surface area contributed by atoms with Gasteiger partial charge in [0, 0.05) is 92.1 Å². The van der Waals surface area contributed by atoms with E-state index in [-0.39, 0.29) is 24.1 Å². The lowest BCUT2D eigenvalue weighted by Crippen LogP contribution is -2.48. The van der Waals surface area contributed by atoms with Crippen molar-refractivity contribution in [3.63, 3.8) is 0 Å². The molecule has 6 aliphatic rings. The Morgan fingerprint density at radius 1 is 0.625 bits per heavy atom. The third kappa shape index (κ3) is 8.86. The number of aromatic nitrogens is 8. The Kier molecular flexibility index (Phi) is 11.4. The molecule has 2 aliphatic carbocycles. The van der Waals surface area contributed by atoms with Crippen LogP contribution in [0.15, 0.2) is 98.1 Å². The largest absolute Gasteiger partial charge is 0.488 e. The lowest BCUT2D eigenvalue weighted by molar-refractivity contribution is 0.254. The lowest BCUT2D eigenvalue weighted by atomic mass is 9.80. The molecule has 4 N–H and O–H groups in total. The maximum atomic E-state index is 13.2. The van der Waals surface area contributed by atoms with Gasteiger partial charge in [-0.3, -0.25) is 40.4 Å². The number of rotatable bonds is 6. The summed E-state index contributed by atoms with van der Waals surface area (Å²) < 4.78 is 0. The predicted molar refractivity (Wildman–Crippen MR) is 243 cm³/mol. The molecule has 2 saturated carbocycles. The number of hydrogen-bond acceptors (Lipinski definition) is 14. The standard InChI is InChI=1S/C22H21N7O.C14H13ClN6O.C8H10BNO2/c30-22(27-20-12-23-8-9-25-20)29-16-6-10-28(13-16)19-4-3-17(26-21(19)29)15-5-7-24-18(11-15)14-1-2-14;15-11-2-1-10-13(18-11)21(9-3-6-20(10)8-9)14(22)19-12-7-16-4-5-17-12;11-9(12)7-3-4-10-8(5-7)6-1-2-6/h3-5,7-9,11-12,14,16H,1-2,6,10,13H2,(H,25,27,30);1-2,4-5,7,9H,3,6,8H2,(H,17,19,22);3-6,11-12H,1-2H2/t16-;9-;/m00./s1. The summed E-state index contributed by atoms with van der Waals surface area (Å²) >= 11 is 6.01. The van der Waals surface area contributed by atoms with Crippen LogP contribution in [0.2, 0.25) is 5.15 Å². The molecule has 18 nitrogen and oxygen atoms in total. The third-order valence-corrected chi connectivity index (χ3v) is 12.3. The second kappa shape index (κ2) is 17.7. The van der Waals surface area contributed by atoms with Gasteiger partial charge < -0.3 is 19.8 Å². The van der Waals surface area contributed by atoms with Crippen molar-refractivity contribution in [2.75, 3.05) is 56.4 Å². The maximum absolute atomic E-state index is 13.2. The highest BCUT2D eigenvalue weighted by atomic mass is 35.5. The first-order valence-electron chi connectivity index (χ1n) is 21.4. The van der Waals surface area contributed by atoms with Crippen molar-refractivity contribution in [3.05, 3.63) is 115 Å². The molecule has 4 amide bonds. The van der Waals surface area contributed by atoms with Crippen molar-refractivity contribution in [1.29, 1.82) is 0 Å². The summed E-state index contributed by atoms with van der Waals surface area (Å²) in [6, 6.07) is 15.0. The molecule has 0 radical (unpaired) electrons. The van der Waals surface area contributed by atoms with Crippen molar-refractivity contribution < 1.29 is 19.6 Å². The summed E-state index contributed by atoms with van der Waals surface area (Å²) in [5.74, 6) is 3.29. The first-order valence-corrected chi connectivity index (χ1v) is 21.8. The number of anilines is 6. The van der Waals surface area contributed by atoms with Crippen molar-refractivity contribution in [2.24, 2.45) is 0 Å². The molecular weight excluding hydrogens is 835 g/mol. The molecule has 6 aromatic heterocycles. The number of carbonyl (C=O) groups excluding carboxylic acids is 2. The highest BCUT2D eigenvalue weighted by molar-refractivity contribution is 6.58.